The van der Waals surface area contributed by atoms with Crippen LogP contribution in [0.25, 0.3) is 0 Å². The lowest BCUT2D eigenvalue weighted by Gasteiger charge is -2.15. The molecule has 0 bridgehead atoms. The van der Waals surface area contributed by atoms with E-state index in [1.54, 1.807) is 20.2 Å². The van der Waals surface area contributed by atoms with Gasteiger partial charge in [0.25, 0.3) is 0 Å². The normalized spacial score (nSPS) is 12.4. The predicted octanol–water partition coefficient (Wildman–Crippen LogP) is 2.36. The molecule has 0 fully saturated rings. The molecular weight excluding hydrogens is 358 g/mol. The van der Waals surface area contributed by atoms with E-state index < -0.39 is 0 Å². The number of rotatable bonds is 14. The van der Waals surface area contributed by atoms with Crippen LogP contribution in [0.5, 0.6) is 5.88 Å². The van der Waals surface area contributed by atoms with Gasteiger partial charge < -0.3 is 30.8 Å². The average Bonchev–Trinajstić information content (AvgIpc) is 2.72. The maximum Gasteiger partial charge on any atom is 0.240 e. The fourth-order valence-electron chi connectivity index (χ4n) is 2.23. The third kappa shape index (κ3) is 8.05. The fourth-order valence-corrected chi connectivity index (χ4v) is 2.23. The van der Waals surface area contributed by atoms with E-state index in [4.69, 9.17) is 14.9 Å². The number of nitrogens with one attached hydrogen (secondary N) is 4. The van der Waals surface area contributed by atoms with Gasteiger partial charge in [-0.2, -0.15) is 4.98 Å². The van der Waals surface area contributed by atoms with E-state index >= 15 is 0 Å². The summed E-state index contributed by atoms with van der Waals surface area (Å²) in [5.74, 6) is 1.01. The van der Waals surface area contributed by atoms with Crippen molar-refractivity contribution in [3.05, 3.63) is 48.1 Å². The number of ether oxygens (including phenoxy) is 2. The molecule has 0 saturated carbocycles. The molecule has 0 aromatic carbocycles. The second-order valence-corrected chi connectivity index (χ2v) is 5.53. The molecule has 0 unspecified atom stereocenters. The van der Waals surface area contributed by atoms with Crippen molar-refractivity contribution in [2.45, 2.75) is 13.0 Å². The maximum atomic E-state index is 10.7. The van der Waals surface area contributed by atoms with Gasteiger partial charge in [0.05, 0.1) is 19.3 Å². The summed E-state index contributed by atoms with van der Waals surface area (Å²) >= 11 is 0. The van der Waals surface area contributed by atoms with E-state index in [2.05, 4.69) is 20.9 Å². The Kier molecular flexibility index (Phi) is 11.4. The molecular formula is C20H29N5O3. The summed E-state index contributed by atoms with van der Waals surface area (Å²) in [6.07, 6.45) is 13.2. The van der Waals surface area contributed by atoms with Crippen LogP contribution >= 0.6 is 0 Å². The zero-order chi connectivity index (χ0) is 20.6. The van der Waals surface area contributed by atoms with Gasteiger partial charge in [0.2, 0.25) is 12.3 Å². The molecule has 1 amide bonds. The maximum absolute atomic E-state index is 10.7. The van der Waals surface area contributed by atoms with Crippen LogP contribution in [0.1, 0.15) is 12.5 Å². The predicted molar refractivity (Wildman–Crippen MR) is 114 cm³/mol. The minimum atomic E-state index is -0.226. The van der Waals surface area contributed by atoms with Crippen LogP contribution in [-0.4, -0.2) is 57.6 Å². The van der Waals surface area contributed by atoms with Crippen molar-refractivity contribution in [1.29, 1.82) is 5.41 Å². The van der Waals surface area contributed by atoms with Gasteiger partial charge in [0, 0.05) is 25.9 Å². The summed E-state index contributed by atoms with van der Waals surface area (Å²) in [5.41, 5.74) is 1.31. The third-order valence-corrected chi connectivity index (χ3v) is 3.59. The number of anilines is 2. The first-order valence-corrected chi connectivity index (χ1v) is 8.97. The first-order valence-electron chi connectivity index (χ1n) is 8.97. The van der Waals surface area contributed by atoms with Gasteiger partial charge in [0.15, 0.2) is 0 Å². The summed E-state index contributed by atoms with van der Waals surface area (Å²) in [7, 11) is 3.50. The summed E-state index contributed by atoms with van der Waals surface area (Å²) in [4.78, 5) is 15.1. The Morgan fingerprint density at radius 3 is 2.61 bits per heavy atom. The van der Waals surface area contributed by atoms with Crippen LogP contribution in [0.2, 0.25) is 0 Å². The van der Waals surface area contributed by atoms with E-state index in [-0.39, 0.29) is 12.6 Å². The first kappa shape index (κ1) is 22.9. The molecule has 0 saturated heterocycles. The number of pyridine rings is 1. The smallest absolute Gasteiger partial charge is 0.240 e. The quantitative estimate of drug-likeness (QED) is 0.169. The summed E-state index contributed by atoms with van der Waals surface area (Å²) in [5, 5.41) is 16.2. The Hall–Kier alpha value is -3.13. The van der Waals surface area contributed by atoms with Crippen LogP contribution in [0.3, 0.4) is 0 Å². The molecule has 1 heterocycles. The van der Waals surface area contributed by atoms with Gasteiger partial charge in [-0.3, -0.25) is 4.79 Å². The van der Waals surface area contributed by atoms with Crippen molar-refractivity contribution in [3.63, 3.8) is 0 Å². The molecule has 1 atom stereocenters. The second kappa shape index (κ2) is 14.0. The molecule has 8 nitrogen and oxygen atoms in total. The third-order valence-electron chi connectivity index (χ3n) is 3.59. The number of nitrogens with zero attached hydrogens (tertiary/aromatic N) is 1. The lowest BCUT2D eigenvalue weighted by atomic mass is 10.2. The Balaban J connectivity index is 2.54. The lowest BCUT2D eigenvalue weighted by molar-refractivity contribution is -0.110. The van der Waals surface area contributed by atoms with Crippen LogP contribution in [0.4, 0.5) is 11.5 Å². The molecule has 0 radical (unpaired) electrons. The number of carbonyl (C=O) groups excluding carboxylic acids is 1. The summed E-state index contributed by atoms with van der Waals surface area (Å²) < 4.78 is 11.3. The molecule has 0 spiro atoms. The summed E-state index contributed by atoms with van der Waals surface area (Å²) in [6, 6.07) is 1.53. The number of carbonyl (C=O) groups is 1. The van der Waals surface area contributed by atoms with Crippen molar-refractivity contribution in [1.82, 2.24) is 10.3 Å². The van der Waals surface area contributed by atoms with Gasteiger partial charge in [-0.1, -0.05) is 36.5 Å². The largest absolute Gasteiger partial charge is 0.474 e. The number of allylic oxidation sites excluding steroid dienone is 5. The molecule has 1 aromatic rings. The Morgan fingerprint density at radius 2 is 1.96 bits per heavy atom. The molecule has 1 aromatic heterocycles. The van der Waals surface area contributed by atoms with Crippen molar-refractivity contribution in [2.75, 3.05) is 44.5 Å². The number of hydrogen-bond acceptors (Lipinski definition) is 7. The van der Waals surface area contributed by atoms with Crippen LogP contribution < -0.4 is 20.7 Å². The lowest BCUT2D eigenvalue weighted by Crippen LogP contribution is -2.31. The number of aromatic nitrogens is 1. The van der Waals surface area contributed by atoms with E-state index in [1.165, 1.54) is 6.21 Å². The minimum Gasteiger partial charge on any atom is -0.474 e. The van der Waals surface area contributed by atoms with Crippen molar-refractivity contribution in [2.24, 2.45) is 0 Å². The van der Waals surface area contributed by atoms with E-state index in [0.717, 1.165) is 0 Å². The number of amides is 1. The molecule has 0 aliphatic rings. The summed E-state index contributed by atoms with van der Waals surface area (Å²) in [6.45, 7) is 2.88. The van der Waals surface area contributed by atoms with Gasteiger partial charge in [-0.25, -0.2) is 0 Å². The second-order valence-electron chi connectivity index (χ2n) is 5.53. The topological polar surface area (TPSA) is 108 Å². The van der Waals surface area contributed by atoms with Gasteiger partial charge >= 0.3 is 0 Å². The zero-order valence-electron chi connectivity index (χ0n) is 16.6. The van der Waals surface area contributed by atoms with Crippen LogP contribution in [-0.2, 0) is 9.53 Å². The standard InChI is InChI=1S/C20H29N5O3/c1-4-5-6-7-8-9-17(24-15-26)14-27-10-11-28-20-19(23-3)16(13-21)12-18(22-2)25-20/h4-9,12-13,15,17,21,23H,10-11,14H2,1-3H3,(H,22,25)(H,24,26)/b5-4-,7-6-,9-8+,21-13?/t17-/m0/s1. The molecule has 4 N–H and O–H groups in total. The highest BCUT2D eigenvalue weighted by molar-refractivity contribution is 5.89. The average molecular weight is 387 g/mol. The Labute approximate surface area is 166 Å². The molecule has 0 aliphatic carbocycles. The molecule has 152 valence electrons. The van der Waals surface area contributed by atoms with Gasteiger partial charge in [-0.15, -0.1) is 0 Å². The molecule has 8 heteroatoms. The highest BCUT2D eigenvalue weighted by Gasteiger charge is 2.11. The monoisotopic (exact) mass is 387 g/mol. The molecule has 28 heavy (non-hydrogen) atoms. The van der Waals surface area contributed by atoms with Crippen molar-refractivity contribution < 1.29 is 14.3 Å². The molecule has 1 rings (SSSR count). The SMILES string of the molecule is C\C=C/C=C\C=C\[C@@H](COCCOc1nc(NC)cc(C=N)c1NC)NC=O. The highest BCUT2D eigenvalue weighted by atomic mass is 16.5. The first-order chi connectivity index (χ1) is 13.7. The zero-order valence-corrected chi connectivity index (χ0v) is 16.6. The highest BCUT2D eigenvalue weighted by Crippen LogP contribution is 2.27. The van der Waals surface area contributed by atoms with Crippen LogP contribution in [0.15, 0.2) is 42.5 Å². The molecule has 0 aliphatic heterocycles. The van der Waals surface area contributed by atoms with E-state index in [1.807, 2.05) is 43.4 Å². The van der Waals surface area contributed by atoms with Crippen molar-refractivity contribution >= 4 is 24.1 Å². The van der Waals surface area contributed by atoms with Gasteiger partial charge in [0.1, 0.15) is 18.1 Å². The fraction of sp³-hybridized carbons (Fsp3) is 0.350. The minimum absolute atomic E-state index is 0.226. The Bertz CT molecular complexity index is 701. The van der Waals surface area contributed by atoms with E-state index in [0.29, 0.717) is 42.6 Å². The van der Waals surface area contributed by atoms with E-state index in [9.17, 15) is 4.79 Å². The van der Waals surface area contributed by atoms with Gasteiger partial charge in [-0.05, 0) is 13.0 Å². The van der Waals surface area contributed by atoms with Crippen LogP contribution in [0, 0.1) is 5.41 Å². The number of hydrogen-bond donors (Lipinski definition) is 4. The van der Waals surface area contributed by atoms with Crippen molar-refractivity contribution in [3.8, 4) is 5.88 Å². The Morgan fingerprint density at radius 1 is 1.18 bits per heavy atom.